The second kappa shape index (κ2) is 4.22. The number of hydrogen-bond acceptors (Lipinski definition) is 4. The van der Waals surface area contributed by atoms with Gasteiger partial charge >= 0.3 is 0 Å². The van der Waals surface area contributed by atoms with Gasteiger partial charge in [0.05, 0.1) is 12.6 Å². The maximum Gasteiger partial charge on any atom is 0.0746 e. The molecule has 2 rings (SSSR count). The molecule has 2 heterocycles. The first kappa shape index (κ1) is 9.19. The van der Waals surface area contributed by atoms with Gasteiger partial charge in [-0.15, -0.1) is 47.0 Å². The highest BCUT2D eigenvalue weighted by atomic mass is 79.9. The van der Waals surface area contributed by atoms with Gasteiger partial charge in [-0.1, -0.05) is 15.9 Å². The number of hydrogen-bond donors (Lipinski definition) is 0. The summed E-state index contributed by atoms with van der Waals surface area (Å²) in [5, 5.41) is 0. The van der Waals surface area contributed by atoms with E-state index in [9.17, 15) is 0 Å². The summed E-state index contributed by atoms with van der Waals surface area (Å²) in [5.74, 6) is 3.83. The Morgan fingerprint density at radius 2 is 1.82 bits per heavy atom. The van der Waals surface area contributed by atoms with Gasteiger partial charge in [-0.25, -0.2) is 0 Å². The number of halogens is 1. The van der Waals surface area contributed by atoms with Gasteiger partial charge in [-0.3, -0.25) is 0 Å². The fourth-order valence-electron chi connectivity index (χ4n) is 0.861. The lowest BCUT2D eigenvalue weighted by atomic mass is 11.0. The first-order chi connectivity index (χ1) is 5.36. The predicted octanol–water partition coefficient (Wildman–Crippen LogP) is 3.79. The first-order valence-corrected chi connectivity index (χ1v) is 8.05. The van der Waals surface area contributed by atoms with Gasteiger partial charge in [0.15, 0.2) is 0 Å². The van der Waals surface area contributed by atoms with Gasteiger partial charge in [-0.05, 0) is 0 Å². The summed E-state index contributed by atoms with van der Waals surface area (Å²) < 4.78 is 3.78. The maximum absolute atomic E-state index is 3.62. The second-order valence-corrected chi connectivity index (χ2v) is 8.79. The molecule has 0 aromatic rings. The van der Waals surface area contributed by atoms with Crippen LogP contribution in [-0.4, -0.2) is 21.4 Å². The fourth-order valence-corrected chi connectivity index (χ4v) is 7.67. The fraction of sp³-hybridized carbons (Fsp3) is 0.667. The van der Waals surface area contributed by atoms with Crippen molar-refractivity contribution < 1.29 is 0 Å². The van der Waals surface area contributed by atoms with Crippen molar-refractivity contribution in [3.63, 3.8) is 0 Å². The van der Waals surface area contributed by atoms with Crippen molar-refractivity contribution >= 4 is 63.0 Å². The highest BCUT2D eigenvalue weighted by Crippen LogP contribution is 2.52. The van der Waals surface area contributed by atoms with E-state index in [0.29, 0.717) is 4.16 Å². The Bertz CT molecular complexity index is 183. The lowest BCUT2D eigenvalue weighted by Gasteiger charge is -1.98. The zero-order chi connectivity index (χ0) is 7.68. The molecule has 1 atom stereocenters. The maximum atomic E-state index is 3.62. The third-order valence-corrected chi connectivity index (χ3v) is 8.50. The Hall–Kier alpha value is 1.62. The van der Waals surface area contributed by atoms with Gasteiger partial charge in [0.1, 0.15) is 0 Å². The highest BCUT2D eigenvalue weighted by molar-refractivity contribution is 9.11. The van der Waals surface area contributed by atoms with Crippen LogP contribution in [0.15, 0.2) is 8.47 Å². The van der Waals surface area contributed by atoms with Crippen molar-refractivity contribution in [3.8, 4) is 0 Å². The highest BCUT2D eigenvalue weighted by Gasteiger charge is 2.23. The van der Waals surface area contributed by atoms with Crippen molar-refractivity contribution in [2.45, 2.75) is 4.16 Å². The van der Waals surface area contributed by atoms with Crippen LogP contribution in [0, 0.1) is 0 Å². The normalized spacial score (nSPS) is 31.9. The largest absolute Gasteiger partial charge is 0.117 e. The van der Waals surface area contributed by atoms with E-state index in [4.69, 9.17) is 0 Å². The molecule has 0 aliphatic carbocycles. The number of thioether (sulfide) groups is 4. The molecule has 62 valence electrons. The molecule has 0 N–H and O–H groups in total. The van der Waals surface area contributed by atoms with E-state index in [1.54, 1.807) is 8.47 Å². The number of rotatable bonds is 0. The molecule has 2 aliphatic rings. The molecular weight excluding hydrogens is 280 g/mol. The topological polar surface area (TPSA) is 0 Å². The van der Waals surface area contributed by atoms with Gasteiger partial charge in [-0.2, -0.15) is 0 Å². The van der Waals surface area contributed by atoms with Crippen molar-refractivity contribution in [1.82, 2.24) is 0 Å². The third-order valence-electron chi connectivity index (χ3n) is 1.30. The quantitative estimate of drug-likeness (QED) is 0.621. The minimum atomic E-state index is 0.650. The van der Waals surface area contributed by atoms with Gasteiger partial charge in [0.2, 0.25) is 0 Å². The predicted molar refractivity (Wildman–Crippen MR) is 64.7 cm³/mol. The number of alkyl halides is 1. The van der Waals surface area contributed by atoms with E-state index in [1.807, 2.05) is 47.0 Å². The molecule has 0 aromatic carbocycles. The standard InChI is InChI=1S/C6H7BrS4/c7-4-3-10-6(11-4)5-8-1-2-9-5/h4H,1-3H2. The van der Waals surface area contributed by atoms with Crippen LogP contribution < -0.4 is 0 Å². The smallest absolute Gasteiger partial charge is 0.0746 e. The molecule has 0 radical (unpaired) electrons. The molecule has 0 nitrogen and oxygen atoms in total. The summed E-state index contributed by atoms with van der Waals surface area (Å²) in [6.07, 6.45) is 0. The van der Waals surface area contributed by atoms with Crippen LogP contribution in [0.25, 0.3) is 0 Å². The van der Waals surface area contributed by atoms with E-state index in [2.05, 4.69) is 15.9 Å². The van der Waals surface area contributed by atoms with Crippen LogP contribution in [0.2, 0.25) is 0 Å². The Morgan fingerprint density at radius 3 is 2.36 bits per heavy atom. The van der Waals surface area contributed by atoms with E-state index in [0.717, 1.165) is 0 Å². The van der Waals surface area contributed by atoms with Crippen LogP contribution in [0.3, 0.4) is 0 Å². The first-order valence-electron chi connectivity index (χ1n) is 3.29. The lowest BCUT2D eigenvalue weighted by Crippen LogP contribution is -1.82. The lowest BCUT2D eigenvalue weighted by molar-refractivity contribution is 1.51. The molecule has 0 amide bonds. The summed E-state index contributed by atoms with van der Waals surface area (Å²) in [5.41, 5.74) is 0. The van der Waals surface area contributed by atoms with E-state index in [-0.39, 0.29) is 0 Å². The Kier molecular flexibility index (Phi) is 3.53. The van der Waals surface area contributed by atoms with E-state index < -0.39 is 0 Å². The summed E-state index contributed by atoms with van der Waals surface area (Å²) in [4.78, 5) is 0. The molecule has 1 unspecified atom stereocenters. The Balaban J connectivity index is 2.07. The van der Waals surface area contributed by atoms with E-state index >= 15 is 0 Å². The molecular formula is C6H7BrS4. The molecule has 5 heteroatoms. The van der Waals surface area contributed by atoms with Gasteiger partial charge in [0, 0.05) is 17.3 Å². The summed E-state index contributed by atoms with van der Waals surface area (Å²) in [6, 6.07) is 0. The summed E-state index contributed by atoms with van der Waals surface area (Å²) in [7, 11) is 0. The van der Waals surface area contributed by atoms with Crippen molar-refractivity contribution in [1.29, 1.82) is 0 Å². The van der Waals surface area contributed by atoms with Gasteiger partial charge < -0.3 is 0 Å². The van der Waals surface area contributed by atoms with E-state index in [1.165, 1.54) is 17.3 Å². The molecule has 2 aliphatic heterocycles. The minimum Gasteiger partial charge on any atom is -0.117 e. The Morgan fingerprint density at radius 1 is 1.09 bits per heavy atom. The van der Waals surface area contributed by atoms with Crippen LogP contribution in [-0.2, 0) is 0 Å². The zero-order valence-electron chi connectivity index (χ0n) is 5.71. The Labute approximate surface area is 92.2 Å². The SMILES string of the molecule is BrC1CSC(=C2SCCS2)S1. The van der Waals surface area contributed by atoms with Crippen LogP contribution in [0.5, 0.6) is 0 Å². The molecule has 0 aromatic heterocycles. The van der Waals surface area contributed by atoms with Crippen LogP contribution >= 0.6 is 63.0 Å². The molecule has 0 saturated carbocycles. The van der Waals surface area contributed by atoms with Crippen molar-refractivity contribution in [2.75, 3.05) is 17.3 Å². The molecule has 0 spiro atoms. The molecule has 0 bridgehead atoms. The van der Waals surface area contributed by atoms with Crippen LogP contribution in [0.1, 0.15) is 0 Å². The molecule has 11 heavy (non-hydrogen) atoms. The van der Waals surface area contributed by atoms with Gasteiger partial charge in [0.25, 0.3) is 0 Å². The zero-order valence-corrected chi connectivity index (χ0v) is 10.6. The van der Waals surface area contributed by atoms with Crippen LogP contribution in [0.4, 0.5) is 0 Å². The average molecular weight is 287 g/mol. The van der Waals surface area contributed by atoms with Crippen molar-refractivity contribution in [3.05, 3.63) is 8.47 Å². The second-order valence-electron chi connectivity index (χ2n) is 2.11. The summed E-state index contributed by atoms with van der Waals surface area (Å²) in [6.45, 7) is 0. The third kappa shape index (κ3) is 2.30. The summed E-state index contributed by atoms with van der Waals surface area (Å²) >= 11 is 11.6. The minimum absolute atomic E-state index is 0.650. The molecule has 2 fully saturated rings. The van der Waals surface area contributed by atoms with Crippen molar-refractivity contribution in [2.24, 2.45) is 0 Å². The monoisotopic (exact) mass is 286 g/mol. The average Bonchev–Trinajstić information content (AvgIpc) is 2.55. The molecule has 2 saturated heterocycles.